The van der Waals surface area contributed by atoms with Crippen LogP contribution in [0, 0.1) is 19.8 Å². The van der Waals surface area contributed by atoms with Crippen LogP contribution in [0.2, 0.25) is 0 Å². The fourth-order valence-corrected chi connectivity index (χ4v) is 3.20. The number of aryl methyl sites for hydroxylation is 2. The Hall–Kier alpha value is -1.49. The van der Waals surface area contributed by atoms with Crippen molar-refractivity contribution in [3.05, 3.63) is 23.3 Å². The molecule has 3 rings (SSSR count). The Morgan fingerprint density at radius 2 is 2.00 bits per heavy atom. The van der Waals surface area contributed by atoms with Crippen LogP contribution >= 0.6 is 0 Å². The molecular weight excluding hydrogens is 252 g/mol. The number of amides is 1. The van der Waals surface area contributed by atoms with Crippen molar-refractivity contribution in [2.75, 3.05) is 19.6 Å². The topological polar surface area (TPSA) is 58.1 Å². The standard InChI is InChI=1S/C15H22N4O/c1-10-7-11(2)18-14(17-10)15(3)5-4-6-19(15)13(20)12-8-16-9-12/h7,12,16H,4-6,8-9H2,1-3H3. The molecule has 0 aliphatic carbocycles. The van der Waals surface area contributed by atoms with Gasteiger partial charge in [-0.15, -0.1) is 0 Å². The van der Waals surface area contributed by atoms with E-state index < -0.39 is 0 Å². The summed E-state index contributed by atoms with van der Waals surface area (Å²) in [7, 11) is 0. The molecule has 5 heteroatoms. The molecule has 1 aromatic rings. The van der Waals surface area contributed by atoms with E-state index in [2.05, 4.69) is 22.2 Å². The van der Waals surface area contributed by atoms with Crippen molar-refractivity contribution in [3.8, 4) is 0 Å². The highest BCUT2D eigenvalue weighted by molar-refractivity contribution is 5.81. The first kappa shape index (κ1) is 13.5. The minimum atomic E-state index is -0.344. The molecule has 2 fully saturated rings. The van der Waals surface area contributed by atoms with Gasteiger partial charge in [-0.1, -0.05) is 0 Å². The summed E-state index contributed by atoms with van der Waals surface area (Å²) in [5.74, 6) is 1.19. The first-order valence-corrected chi connectivity index (χ1v) is 7.36. The number of carbonyl (C=O) groups is 1. The molecule has 0 saturated carbocycles. The van der Waals surface area contributed by atoms with E-state index in [1.54, 1.807) is 0 Å². The third kappa shape index (κ3) is 2.10. The lowest BCUT2D eigenvalue weighted by Crippen LogP contribution is -2.55. The van der Waals surface area contributed by atoms with Gasteiger partial charge in [0.25, 0.3) is 0 Å². The van der Waals surface area contributed by atoms with Crippen LogP contribution < -0.4 is 5.32 Å². The normalized spacial score (nSPS) is 26.6. The van der Waals surface area contributed by atoms with Crippen molar-refractivity contribution < 1.29 is 4.79 Å². The summed E-state index contributed by atoms with van der Waals surface area (Å²) < 4.78 is 0. The van der Waals surface area contributed by atoms with Gasteiger partial charge >= 0.3 is 0 Å². The Bertz CT molecular complexity index is 520. The number of hydrogen-bond donors (Lipinski definition) is 1. The molecule has 2 aliphatic rings. The van der Waals surface area contributed by atoms with E-state index >= 15 is 0 Å². The molecule has 1 atom stereocenters. The van der Waals surface area contributed by atoms with E-state index in [4.69, 9.17) is 0 Å². The zero-order chi connectivity index (χ0) is 14.3. The van der Waals surface area contributed by atoms with E-state index in [0.29, 0.717) is 0 Å². The van der Waals surface area contributed by atoms with Gasteiger partial charge in [-0.25, -0.2) is 9.97 Å². The summed E-state index contributed by atoms with van der Waals surface area (Å²) in [4.78, 5) is 23.8. The van der Waals surface area contributed by atoms with Gasteiger partial charge in [0.2, 0.25) is 5.91 Å². The largest absolute Gasteiger partial charge is 0.330 e. The highest BCUT2D eigenvalue weighted by Gasteiger charge is 2.46. The number of rotatable bonds is 2. The lowest BCUT2D eigenvalue weighted by atomic mass is 9.94. The van der Waals surface area contributed by atoms with Crippen LogP contribution in [0.1, 0.15) is 37.0 Å². The predicted octanol–water partition coefficient (Wildman–Crippen LogP) is 1.15. The minimum absolute atomic E-state index is 0.137. The molecule has 0 aromatic carbocycles. The summed E-state index contributed by atoms with van der Waals surface area (Å²) in [6.07, 6.45) is 1.97. The van der Waals surface area contributed by atoms with Crippen LogP contribution in [-0.2, 0) is 10.3 Å². The van der Waals surface area contributed by atoms with Gasteiger partial charge in [0.15, 0.2) is 5.82 Å². The van der Waals surface area contributed by atoms with Crippen LogP contribution in [0.15, 0.2) is 6.07 Å². The van der Waals surface area contributed by atoms with Gasteiger partial charge in [-0.3, -0.25) is 4.79 Å². The molecule has 1 aromatic heterocycles. The number of hydrogen-bond acceptors (Lipinski definition) is 4. The van der Waals surface area contributed by atoms with Gasteiger partial charge in [-0.05, 0) is 39.7 Å². The van der Waals surface area contributed by atoms with Crippen molar-refractivity contribution in [3.63, 3.8) is 0 Å². The first-order valence-electron chi connectivity index (χ1n) is 7.36. The molecular formula is C15H22N4O. The summed E-state index contributed by atoms with van der Waals surface area (Å²) >= 11 is 0. The second-order valence-corrected chi connectivity index (χ2v) is 6.20. The number of aromatic nitrogens is 2. The van der Waals surface area contributed by atoms with Crippen LogP contribution in [0.5, 0.6) is 0 Å². The Morgan fingerprint density at radius 3 is 2.55 bits per heavy atom. The molecule has 0 bridgehead atoms. The predicted molar refractivity (Wildman–Crippen MR) is 76.2 cm³/mol. The maximum absolute atomic E-state index is 12.6. The fraction of sp³-hybridized carbons (Fsp3) is 0.667. The molecule has 2 saturated heterocycles. The molecule has 108 valence electrons. The van der Waals surface area contributed by atoms with Crippen LogP contribution in [0.4, 0.5) is 0 Å². The van der Waals surface area contributed by atoms with E-state index in [1.165, 1.54) is 0 Å². The molecule has 2 aliphatic heterocycles. The fourth-order valence-electron chi connectivity index (χ4n) is 3.20. The Balaban J connectivity index is 1.93. The van der Waals surface area contributed by atoms with Crippen LogP contribution in [0.3, 0.4) is 0 Å². The third-order valence-corrected chi connectivity index (χ3v) is 4.50. The molecule has 1 unspecified atom stereocenters. The van der Waals surface area contributed by atoms with E-state index in [1.807, 2.05) is 24.8 Å². The summed E-state index contributed by atoms with van der Waals surface area (Å²) in [5.41, 5.74) is 1.60. The summed E-state index contributed by atoms with van der Waals surface area (Å²) in [6.45, 7) is 8.51. The lowest BCUT2D eigenvalue weighted by Gasteiger charge is -2.38. The zero-order valence-electron chi connectivity index (χ0n) is 12.4. The quantitative estimate of drug-likeness (QED) is 0.879. The molecule has 5 nitrogen and oxygen atoms in total. The maximum Gasteiger partial charge on any atom is 0.229 e. The van der Waals surface area contributed by atoms with E-state index in [0.717, 1.165) is 49.7 Å². The monoisotopic (exact) mass is 274 g/mol. The molecule has 20 heavy (non-hydrogen) atoms. The van der Waals surface area contributed by atoms with Crippen molar-refractivity contribution in [1.82, 2.24) is 20.2 Å². The van der Waals surface area contributed by atoms with Gasteiger partial charge in [0.05, 0.1) is 11.5 Å². The number of nitrogens with zero attached hydrogens (tertiary/aromatic N) is 3. The molecule has 1 N–H and O–H groups in total. The van der Waals surface area contributed by atoms with Crippen molar-refractivity contribution in [2.45, 2.75) is 39.2 Å². The summed E-state index contributed by atoms with van der Waals surface area (Å²) in [5, 5.41) is 3.17. The Labute approximate surface area is 119 Å². The van der Waals surface area contributed by atoms with E-state index in [9.17, 15) is 4.79 Å². The van der Waals surface area contributed by atoms with Crippen molar-refractivity contribution >= 4 is 5.91 Å². The third-order valence-electron chi connectivity index (χ3n) is 4.50. The SMILES string of the molecule is Cc1cc(C)nc(C2(C)CCCN2C(=O)C2CNC2)n1. The molecule has 3 heterocycles. The second-order valence-electron chi connectivity index (χ2n) is 6.20. The number of carbonyl (C=O) groups excluding carboxylic acids is 1. The van der Waals surface area contributed by atoms with E-state index in [-0.39, 0.29) is 17.4 Å². The number of nitrogens with one attached hydrogen (secondary N) is 1. The molecule has 0 spiro atoms. The Kier molecular flexibility index (Phi) is 3.24. The van der Waals surface area contributed by atoms with Crippen LogP contribution in [-0.4, -0.2) is 40.4 Å². The number of likely N-dealkylation sites (tertiary alicyclic amines) is 1. The van der Waals surface area contributed by atoms with Crippen molar-refractivity contribution in [2.24, 2.45) is 5.92 Å². The smallest absolute Gasteiger partial charge is 0.229 e. The minimum Gasteiger partial charge on any atom is -0.330 e. The van der Waals surface area contributed by atoms with Crippen LogP contribution in [0.25, 0.3) is 0 Å². The average Bonchev–Trinajstić information content (AvgIpc) is 2.69. The lowest BCUT2D eigenvalue weighted by molar-refractivity contribution is -0.141. The maximum atomic E-state index is 12.6. The molecule has 0 radical (unpaired) electrons. The highest BCUT2D eigenvalue weighted by atomic mass is 16.2. The van der Waals surface area contributed by atoms with Crippen molar-refractivity contribution in [1.29, 1.82) is 0 Å². The van der Waals surface area contributed by atoms with Gasteiger partial charge < -0.3 is 10.2 Å². The van der Waals surface area contributed by atoms with Gasteiger partial charge in [0.1, 0.15) is 0 Å². The van der Waals surface area contributed by atoms with Gasteiger partial charge in [0, 0.05) is 31.0 Å². The second kappa shape index (κ2) is 4.81. The average molecular weight is 274 g/mol. The Morgan fingerprint density at radius 1 is 1.35 bits per heavy atom. The first-order chi connectivity index (χ1) is 9.50. The highest BCUT2D eigenvalue weighted by Crippen LogP contribution is 2.38. The molecule has 1 amide bonds. The zero-order valence-corrected chi connectivity index (χ0v) is 12.4. The summed E-state index contributed by atoms with van der Waals surface area (Å²) in [6, 6.07) is 1.98. The van der Waals surface area contributed by atoms with Gasteiger partial charge in [-0.2, -0.15) is 0 Å².